The van der Waals surface area contributed by atoms with Crippen molar-refractivity contribution >= 4 is 28.8 Å². The highest BCUT2D eigenvalue weighted by Gasteiger charge is 2.13. The Balaban J connectivity index is 2.14. The third-order valence-corrected chi connectivity index (χ3v) is 3.94. The van der Waals surface area contributed by atoms with Crippen LogP contribution in [0.2, 0.25) is 4.34 Å². The quantitative estimate of drug-likeness (QED) is 0.873. The number of thiophene rings is 1. The van der Waals surface area contributed by atoms with Gasteiger partial charge in [0.05, 0.1) is 10.9 Å². The predicted octanol–water partition coefficient (Wildman–Crippen LogP) is 2.37. The number of aryl methyl sites for hydroxylation is 1. The molecule has 2 rings (SSSR count). The highest BCUT2D eigenvalue weighted by Crippen LogP contribution is 2.22. The summed E-state index contributed by atoms with van der Waals surface area (Å²) in [5, 5.41) is 0. The number of rotatable bonds is 3. The minimum atomic E-state index is -0.196. The van der Waals surface area contributed by atoms with E-state index in [4.69, 9.17) is 11.6 Å². The van der Waals surface area contributed by atoms with Crippen LogP contribution in [-0.2, 0) is 13.6 Å². The smallest absolute Gasteiger partial charge is 0.254 e. The fraction of sp³-hybridized carbons (Fsp3) is 0.231. The van der Waals surface area contributed by atoms with Crippen LogP contribution in [0.25, 0.3) is 0 Å². The van der Waals surface area contributed by atoms with Crippen molar-refractivity contribution in [2.75, 3.05) is 7.05 Å². The maximum absolute atomic E-state index is 12.2. The second kappa shape index (κ2) is 5.59. The number of carbonyl (C=O) groups is 1. The molecule has 0 aliphatic rings. The van der Waals surface area contributed by atoms with Gasteiger partial charge in [0.25, 0.3) is 11.5 Å². The predicted molar refractivity (Wildman–Crippen MR) is 76.8 cm³/mol. The normalized spacial score (nSPS) is 10.5. The first-order chi connectivity index (χ1) is 8.97. The molecule has 0 saturated carbocycles. The van der Waals surface area contributed by atoms with E-state index in [-0.39, 0.29) is 11.5 Å². The van der Waals surface area contributed by atoms with Gasteiger partial charge in [0.1, 0.15) is 0 Å². The van der Waals surface area contributed by atoms with Crippen molar-refractivity contribution < 1.29 is 4.79 Å². The average Bonchev–Trinajstić information content (AvgIpc) is 2.77. The highest BCUT2D eigenvalue weighted by molar-refractivity contribution is 7.16. The van der Waals surface area contributed by atoms with E-state index in [1.165, 1.54) is 22.0 Å². The lowest BCUT2D eigenvalue weighted by molar-refractivity contribution is 0.0786. The van der Waals surface area contributed by atoms with E-state index >= 15 is 0 Å². The minimum Gasteiger partial charge on any atom is -0.337 e. The Morgan fingerprint density at radius 2 is 2.16 bits per heavy atom. The lowest BCUT2D eigenvalue weighted by Gasteiger charge is -2.16. The van der Waals surface area contributed by atoms with Crippen LogP contribution >= 0.6 is 22.9 Å². The summed E-state index contributed by atoms with van der Waals surface area (Å²) in [6.07, 6.45) is 1.59. The first-order valence-corrected chi connectivity index (χ1v) is 6.83. The summed E-state index contributed by atoms with van der Waals surface area (Å²) in [4.78, 5) is 26.2. The van der Waals surface area contributed by atoms with E-state index in [0.29, 0.717) is 16.4 Å². The van der Waals surface area contributed by atoms with E-state index < -0.39 is 0 Å². The molecule has 0 saturated heterocycles. The van der Waals surface area contributed by atoms with Crippen molar-refractivity contribution in [1.29, 1.82) is 0 Å². The molecule has 0 atom stereocenters. The van der Waals surface area contributed by atoms with Gasteiger partial charge in [-0.1, -0.05) is 11.6 Å². The van der Waals surface area contributed by atoms with Gasteiger partial charge in [-0.25, -0.2) is 0 Å². The number of aromatic nitrogens is 1. The van der Waals surface area contributed by atoms with Crippen LogP contribution in [0.1, 0.15) is 15.2 Å². The van der Waals surface area contributed by atoms with Gasteiger partial charge < -0.3 is 9.47 Å². The van der Waals surface area contributed by atoms with Crippen LogP contribution in [0.4, 0.5) is 0 Å². The van der Waals surface area contributed by atoms with E-state index in [2.05, 4.69) is 0 Å². The molecule has 0 N–H and O–H groups in total. The van der Waals surface area contributed by atoms with Crippen molar-refractivity contribution in [1.82, 2.24) is 9.47 Å². The molecular formula is C13H13ClN2O2S. The van der Waals surface area contributed by atoms with Gasteiger partial charge in [-0.3, -0.25) is 9.59 Å². The lowest BCUT2D eigenvalue weighted by Crippen LogP contribution is -2.27. The molecule has 2 aromatic heterocycles. The Kier molecular flexibility index (Phi) is 4.07. The van der Waals surface area contributed by atoms with Crippen LogP contribution in [-0.4, -0.2) is 22.4 Å². The molecular weight excluding hydrogens is 284 g/mol. The highest BCUT2D eigenvalue weighted by atomic mass is 35.5. The number of nitrogens with zero attached hydrogens (tertiary/aromatic N) is 2. The summed E-state index contributed by atoms with van der Waals surface area (Å²) in [7, 11) is 3.35. The monoisotopic (exact) mass is 296 g/mol. The molecule has 1 amide bonds. The van der Waals surface area contributed by atoms with Crippen molar-refractivity contribution in [2.24, 2.45) is 7.05 Å². The molecule has 2 aromatic rings. The van der Waals surface area contributed by atoms with E-state index in [9.17, 15) is 9.59 Å². The molecule has 0 aromatic carbocycles. The molecule has 0 aliphatic heterocycles. The first kappa shape index (κ1) is 13.8. The molecule has 0 spiro atoms. The van der Waals surface area contributed by atoms with Crippen LogP contribution in [0.3, 0.4) is 0 Å². The average molecular weight is 297 g/mol. The summed E-state index contributed by atoms with van der Waals surface area (Å²) in [6.45, 7) is 0.478. The Bertz CT molecular complexity index is 663. The van der Waals surface area contributed by atoms with Crippen LogP contribution in [0, 0.1) is 0 Å². The third kappa shape index (κ3) is 3.24. The number of carbonyl (C=O) groups excluding carboxylic acids is 1. The van der Waals surface area contributed by atoms with Gasteiger partial charge in [0, 0.05) is 36.8 Å². The molecule has 6 heteroatoms. The lowest BCUT2D eigenvalue weighted by atomic mass is 10.2. The Hall–Kier alpha value is -1.59. The summed E-state index contributed by atoms with van der Waals surface area (Å²) >= 11 is 7.29. The zero-order chi connectivity index (χ0) is 14.0. The fourth-order valence-electron chi connectivity index (χ4n) is 1.64. The Morgan fingerprint density at radius 1 is 1.42 bits per heavy atom. The van der Waals surface area contributed by atoms with E-state index in [0.717, 1.165) is 4.88 Å². The first-order valence-electron chi connectivity index (χ1n) is 5.64. The zero-order valence-corrected chi connectivity index (χ0v) is 12.2. The maximum Gasteiger partial charge on any atom is 0.254 e. The largest absolute Gasteiger partial charge is 0.337 e. The number of amides is 1. The van der Waals surface area contributed by atoms with Crippen molar-refractivity contribution in [3.05, 3.63) is 55.6 Å². The molecule has 2 heterocycles. The number of halogens is 1. The third-order valence-electron chi connectivity index (χ3n) is 2.72. The van der Waals surface area contributed by atoms with Crippen LogP contribution in [0.15, 0.2) is 35.3 Å². The molecule has 0 unspecified atom stereocenters. The molecule has 0 radical (unpaired) electrons. The molecule has 19 heavy (non-hydrogen) atoms. The van der Waals surface area contributed by atoms with Gasteiger partial charge >= 0.3 is 0 Å². The number of hydrogen-bond donors (Lipinski definition) is 0. The summed E-state index contributed by atoms with van der Waals surface area (Å²) in [5.74, 6) is -0.178. The van der Waals surface area contributed by atoms with E-state index in [1.54, 1.807) is 37.3 Å². The number of hydrogen-bond acceptors (Lipinski definition) is 3. The van der Waals surface area contributed by atoms with Gasteiger partial charge in [0.15, 0.2) is 0 Å². The van der Waals surface area contributed by atoms with E-state index in [1.807, 2.05) is 6.07 Å². The summed E-state index contributed by atoms with van der Waals surface area (Å²) < 4.78 is 2.12. The van der Waals surface area contributed by atoms with Gasteiger partial charge in [-0.2, -0.15) is 0 Å². The standard InChI is InChI=1S/C13H13ClN2O2S/c1-15-6-5-9(7-12(15)17)13(18)16(2)8-10-3-4-11(14)19-10/h3-7H,8H2,1-2H3. The summed E-state index contributed by atoms with van der Waals surface area (Å²) in [6, 6.07) is 6.68. The Morgan fingerprint density at radius 3 is 2.74 bits per heavy atom. The molecule has 100 valence electrons. The minimum absolute atomic E-state index is 0.178. The molecule has 4 nitrogen and oxygen atoms in total. The van der Waals surface area contributed by atoms with Crippen molar-refractivity contribution in [2.45, 2.75) is 6.54 Å². The van der Waals surface area contributed by atoms with Crippen LogP contribution in [0.5, 0.6) is 0 Å². The topological polar surface area (TPSA) is 42.3 Å². The van der Waals surface area contributed by atoms with Crippen LogP contribution < -0.4 is 5.56 Å². The zero-order valence-electron chi connectivity index (χ0n) is 10.6. The maximum atomic E-state index is 12.2. The van der Waals surface area contributed by atoms with Crippen molar-refractivity contribution in [3.8, 4) is 0 Å². The van der Waals surface area contributed by atoms with Gasteiger partial charge in [0.2, 0.25) is 0 Å². The second-order valence-corrected chi connectivity index (χ2v) is 6.03. The molecule has 0 fully saturated rings. The second-order valence-electron chi connectivity index (χ2n) is 4.23. The fourth-order valence-corrected chi connectivity index (χ4v) is 2.79. The molecule has 0 bridgehead atoms. The summed E-state index contributed by atoms with van der Waals surface area (Å²) in [5.41, 5.74) is 0.201. The molecule has 0 aliphatic carbocycles. The number of pyridine rings is 1. The van der Waals surface area contributed by atoms with Gasteiger partial charge in [-0.15, -0.1) is 11.3 Å². The van der Waals surface area contributed by atoms with Gasteiger partial charge in [-0.05, 0) is 18.2 Å². The van der Waals surface area contributed by atoms with Crippen molar-refractivity contribution in [3.63, 3.8) is 0 Å². The Labute approximate surface area is 119 Å². The SMILES string of the molecule is CN(Cc1ccc(Cl)s1)C(=O)c1ccn(C)c(=O)c1.